The normalized spacial score (nSPS) is 13.9. The molecule has 4 amide bonds. The number of aliphatic hydroxyl groups is 1. The maximum absolute atomic E-state index is 12.4. The Balaban J connectivity index is 5.18. The number of nitrogens with one attached hydrogen (secondary N) is 3. The number of aliphatic carboxylic acids is 2. The molecule has 0 rings (SSSR count). The first kappa shape index (κ1) is 30.0. The van der Waals surface area contributed by atoms with Crippen LogP contribution in [0.5, 0.6) is 0 Å². The van der Waals surface area contributed by atoms with Crippen LogP contribution in [0.25, 0.3) is 0 Å². The van der Waals surface area contributed by atoms with Crippen LogP contribution < -0.4 is 38.9 Å². The van der Waals surface area contributed by atoms with E-state index >= 15 is 0 Å². The molecule has 0 saturated heterocycles. The van der Waals surface area contributed by atoms with Gasteiger partial charge in [-0.1, -0.05) is 0 Å². The second-order valence-electron chi connectivity index (χ2n) is 7.03. The van der Waals surface area contributed by atoms with E-state index in [0.29, 0.717) is 6.42 Å². The SMILES string of the molecule is NC(=O)CC(NC(=O)C(CO)NC(=O)C(N)CCCN=C(N)N)C(=O)NC(CC(=O)O)C(=O)O. The number of aliphatic imine (C=N–C) groups is 1. The van der Waals surface area contributed by atoms with Crippen molar-refractivity contribution >= 4 is 41.5 Å². The fraction of sp³-hybridized carbons (Fsp3) is 0.588. The number of aliphatic hydroxyl groups excluding tert-OH is 1. The molecule has 0 fully saturated rings. The van der Waals surface area contributed by atoms with Crippen molar-refractivity contribution in [3.05, 3.63) is 0 Å². The van der Waals surface area contributed by atoms with E-state index in [0.717, 1.165) is 0 Å². The molecule has 17 heteroatoms. The van der Waals surface area contributed by atoms with E-state index in [1.165, 1.54) is 0 Å². The number of hydrogen-bond acceptors (Lipinski definition) is 9. The summed E-state index contributed by atoms with van der Waals surface area (Å²) in [4.78, 5) is 73.9. The zero-order chi connectivity index (χ0) is 26.4. The molecule has 0 bridgehead atoms. The lowest BCUT2D eigenvalue weighted by Crippen LogP contribution is -2.58. The zero-order valence-electron chi connectivity index (χ0n) is 18.1. The second-order valence-corrected chi connectivity index (χ2v) is 7.03. The number of carboxylic acid groups (broad SMARTS) is 2. The quantitative estimate of drug-likeness (QED) is 0.0549. The molecule has 0 aliphatic heterocycles. The Morgan fingerprint density at radius 1 is 0.794 bits per heavy atom. The van der Waals surface area contributed by atoms with E-state index < -0.39 is 79.2 Å². The van der Waals surface area contributed by atoms with Gasteiger partial charge in [-0.2, -0.15) is 0 Å². The Bertz CT molecular complexity index is 800. The van der Waals surface area contributed by atoms with Crippen molar-refractivity contribution in [2.45, 2.75) is 49.9 Å². The summed E-state index contributed by atoms with van der Waals surface area (Å²) in [7, 11) is 0. The number of primary amides is 1. The van der Waals surface area contributed by atoms with E-state index in [4.69, 9.17) is 33.1 Å². The van der Waals surface area contributed by atoms with Gasteiger partial charge in [0.1, 0.15) is 18.1 Å². The number of carboxylic acids is 2. The van der Waals surface area contributed by atoms with Gasteiger partial charge in [-0.05, 0) is 12.8 Å². The molecule has 192 valence electrons. The van der Waals surface area contributed by atoms with Gasteiger partial charge in [-0.3, -0.25) is 29.0 Å². The number of amides is 4. The number of hydrogen-bond donors (Lipinski definition) is 10. The van der Waals surface area contributed by atoms with Crippen LogP contribution in [0.15, 0.2) is 4.99 Å². The average Bonchev–Trinajstić information content (AvgIpc) is 2.72. The van der Waals surface area contributed by atoms with Crippen molar-refractivity contribution < 1.29 is 44.1 Å². The lowest BCUT2D eigenvalue weighted by molar-refractivity contribution is -0.147. The largest absolute Gasteiger partial charge is 0.481 e. The molecule has 14 N–H and O–H groups in total. The Morgan fingerprint density at radius 3 is 1.79 bits per heavy atom. The van der Waals surface area contributed by atoms with E-state index in [-0.39, 0.29) is 18.9 Å². The molecule has 0 heterocycles. The van der Waals surface area contributed by atoms with Gasteiger partial charge < -0.3 is 54.2 Å². The minimum Gasteiger partial charge on any atom is -0.481 e. The third-order valence-electron chi connectivity index (χ3n) is 4.15. The van der Waals surface area contributed by atoms with Crippen molar-refractivity contribution in [1.29, 1.82) is 0 Å². The van der Waals surface area contributed by atoms with E-state index in [1.807, 2.05) is 5.32 Å². The monoisotopic (exact) mass is 490 g/mol. The predicted octanol–water partition coefficient (Wildman–Crippen LogP) is -5.75. The van der Waals surface area contributed by atoms with E-state index in [1.54, 1.807) is 0 Å². The van der Waals surface area contributed by atoms with Crippen LogP contribution in [0.3, 0.4) is 0 Å². The Hall–Kier alpha value is -3.99. The summed E-state index contributed by atoms with van der Waals surface area (Å²) >= 11 is 0. The Labute approximate surface area is 193 Å². The molecule has 0 aromatic carbocycles. The summed E-state index contributed by atoms with van der Waals surface area (Å²) < 4.78 is 0. The molecule has 0 radical (unpaired) electrons. The van der Waals surface area contributed by atoms with Crippen molar-refractivity contribution in [2.24, 2.45) is 27.9 Å². The summed E-state index contributed by atoms with van der Waals surface area (Å²) in [5.74, 6) is -7.55. The molecular weight excluding hydrogens is 460 g/mol. The molecule has 0 aromatic rings. The highest BCUT2D eigenvalue weighted by molar-refractivity contribution is 5.96. The molecule has 4 atom stereocenters. The molecule has 4 unspecified atom stereocenters. The second kappa shape index (κ2) is 15.0. The van der Waals surface area contributed by atoms with Crippen molar-refractivity contribution in [2.75, 3.05) is 13.2 Å². The van der Waals surface area contributed by atoms with E-state index in [2.05, 4.69) is 15.6 Å². The summed E-state index contributed by atoms with van der Waals surface area (Å²) in [5.41, 5.74) is 21.1. The first-order valence-corrected chi connectivity index (χ1v) is 9.84. The van der Waals surface area contributed by atoms with Crippen molar-refractivity contribution in [3.8, 4) is 0 Å². The number of rotatable bonds is 16. The molecule has 34 heavy (non-hydrogen) atoms. The van der Waals surface area contributed by atoms with Gasteiger partial charge in [0.05, 0.1) is 25.5 Å². The van der Waals surface area contributed by atoms with Gasteiger partial charge in [-0.15, -0.1) is 0 Å². The Morgan fingerprint density at radius 2 is 1.32 bits per heavy atom. The van der Waals surface area contributed by atoms with Gasteiger partial charge in [0.15, 0.2) is 5.96 Å². The minimum absolute atomic E-state index is 0.134. The average molecular weight is 490 g/mol. The van der Waals surface area contributed by atoms with Crippen LogP contribution in [0.2, 0.25) is 0 Å². The van der Waals surface area contributed by atoms with Crippen molar-refractivity contribution in [3.63, 3.8) is 0 Å². The fourth-order valence-corrected chi connectivity index (χ4v) is 2.45. The fourth-order valence-electron chi connectivity index (χ4n) is 2.45. The van der Waals surface area contributed by atoms with Crippen LogP contribution in [-0.4, -0.2) is 94.2 Å². The smallest absolute Gasteiger partial charge is 0.326 e. The topological polar surface area (TPSA) is 316 Å². The lowest BCUT2D eigenvalue weighted by atomic mass is 10.1. The first-order chi connectivity index (χ1) is 15.8. The predicted molar refractivity (Wildman–Crippen MR) is 114 cm³/mol. The van der Waals surface area contributed by atoms with Crippen LogP contribution in [0.4, 0.5) is 0 Å². The molecule has 0 aliphatic rings. The van der Waals surface area contributed by atoms with E-state index in [9.17, 15) is 33.9 Å². The van der Waals surface area contributed by atoms with Crippen LogP contribution in [0.1, 0.15) is 25.7 Å². The number of nitrogens with zero attached hydrogens (tertiary/aromatic N) is 1. The molecule has 0 aromatic heterocycles. The molecule has 0 saturated carbocycles. The third-order valence-corrected chi connectivity index (χ3v) is 4.15. The highest BCUT2D eigenvalue weighted by Crippen LogP contribution is 2.00. The maximum Gasteiger partial charge on any atom is 0.326 e. The Kier molecular flexibility index (Phi) is 13.2. The zero-order valence-corrected chi connectivity index (χ0v) is 18.1. The molecular formula is C17H30N8O9. The summed E-state index contributed by atoms with van der Waals surface area (Å²) in [6, 6.07) is -6.26. The highest BCUT2D eigenvalue weighted by atomic mass is 16.4. The molecule has 0 spiro atoms. The summed E-state index contributed by atoms with van der Waals surface area (Å²) in [6.45, 7) is -0.712. The van der Waals surface area contributed by atoms with Gasteiger partial charge in [0, 0.05) is 6.54 Å². The number of carbonyl (C=O) groups excluding carboxylic acids is 4. The van der Waals surface area contributed by atoms with Crippen molar-refractivity contribution in [1.82, 2.24) is 16.0 Å². The molecule has 17 nitrogen and oxygen atoms in total. The number of nitrogens with two attached hydrogens (primary N) is 4. The summed E-state index contributed by atoms with van der Waals surface area (Å²) in [5, 5.41) is 33.3. The minimum atomic E-state index is -1.86. The highest BCUT2D eigenvalue weighted by Gasteiger charge is 2.31. The molecule has 0 aliphatic carbocycles. The van der Waals surface area contributed by atoms with Gasteiger partial charge >= 0.3 is 11.9 Å². The van der Waals surface area contributed by atoms with Gasteiger partial charge in [-0.25, -0.2) is 4.79 Å². The van der Waals surface area contributed by atoms with Crippen LogP contribution in [-0.2, 0) is 28.8 Å². The lowest BCUT2D eigenvalue weighted by Gasteiger charge is -2.23. The van der Waals surface area contributed by atoms with Gasteiger partial charge in [0.2, 0.25) is 23.6 Å². The van der Waals surface area contributed by atoms with Crippen LogP contribution >= 0.6 is 0 Å². The maximum atomic E-state index is 12.4. The van der Waals surface area contributed by atoms with Gasteiger partial charge in [0.25, 0.3) is 0 Å². The first-order valence-electron chi connectivity index (χ1n) is 9.84. The number of carbonyl (C=O) groups is 6. The van der Waals surface area contributed by atoms with Crippen LogP contribution in [0, 0.1) is 0 Å². The third kappa shape index (κ3) is 12.2. The standard InChI is InChI=1S/C17H30N8O9/c18-7(2-1-3-22-17(20)21)13(30)25-10(6-26)15(32)23-8(4-11(19)27)14(31)24-9(16(33)34)5-12(28)29/h7-10,26H,1-6,18H2,(H2,19,27)(H,23,32)(H,24,31)(H,25,30)(H,28,29)(H,33,34)(H4,20,21,22). The summed E-state index contributed by atoms with van der Waals surface area (Å²) in [6.07, 6.45) is -1.29. The number of guanidine groups is 1.